The van der Waals surface area contributed by atoms with Crippen LogP contribution in [0.25, 0.3) is 0 Å². The van der Waals surface area contributed by atoms with Crippen molar-refractivity contribution in [2.24, 2.45) is 0 Å². The fourth-order valence-electron chi connectivity index (χ4n) is 2.23. The topological polar surface area (TPSA) is 47.6 Å². The Bertz CT molecular complexity index is 802. The van der Waals surface area contributed by atoms with Gasteiger partial charge in [-0.3, -0.25) is 4.79 Å². The molecular formula is C21H19NO3. The first-order valence-corrected chi connectivity index (χ1v) is 8.06. The second kappa shape index (κ2) is 8.02. The second-order valence-corrected chi connectivity index (χ2v) is 5.50. The Morgan fingerprint density at radius 1 is 0.760 bits per heavy atom. The van der Waals surface area contributed by atoms with E-state index < -0.39 is 6.10 Å². The molecule has 0 aliphatic heterocycles. The molecule has 3 aromatic rings. The van der Waals surface area contributed by atoms with E-state index in [1.807, 2.05) is 72.8 Å². The van der Waals surface area contributed by atoms with Gasteiger partial charge in [0, 0.05) is 5.69 Å². The van der Waals surface area contributed by atoms with Crippen LogP contribution in [0, 0.1) is 0 Å². The average molecular weight is 333 g/mol. The molecule has 1 N–H and O–H groups in total. The van der Waals surface area contributed by atoms with Crippen molar-refractivity contribution < 1.29 is 14.3 Å². The Morgan fingerprint density at radius 3 is 1.88 bits per heavy atom. The highest BCUT2D eigenvalue weighted by molar-refractivity contribution is 5.94. The number of hydrogen-bond acceptors (Lipinski definition) is 3. The van der Waals surface area contributed by atoms with Crippen LogP contribution in [-0.2, 0) is 4.79 Å². The largest absolute Gasteiger partial charge is 0.481 e. The minimum atomic E-state index is -0.595. The normalized spacial score (nSPS) is 11.4. The van der Waals surface area contributed by atoms with Gasteiger partial charge >= 0.3 is 0 Å². The molecule has 4 heteroatoms. The predicted molar refractivity (Wildman–Crippen MR) is 98.1 cm³/mol. The maximum atomic E-state index is 12.2. The molecule has 0 bridgehead atoms. The maximum absolute atomic E-state index is 12.2. The summed E-state index contributed by atoms with van der Waals surface area (Å²) in [6.07, 6.45) is -0.595. The van der Waals surface area contributed by atoms with Gasteiger partial charge in [0.05, 0.1) is 0 Å². The second-order valence-electron chi connectivity index (χ2n) is 5.50. The van der Waals surface area contributed by atoms with Crippen LogP contribution in [0.2, 0.25) is 0 Å². The first kappa shape index (κ1) is 16.6. The van der Waals surface area contributed by atoms with E-state index in [2.05, 4.69) is 5.32 Å². The molecular weight excluding hydrogens is 314 g/mol. The van der Waals surface area contributed by atoms with Gasteiger partial charge in [0.15, 0.2) is 6.10 Å². The molecule has 0 saturated heterocycles. The van der Waals surface area contributed by atoms with E-state index in [1.54, 1.807) is 19.1 Å². The van der Waals surface area contributed by atoms with Crippen molar-refractivity contribution in [2.45, 2.75) is 13.0 Å². The smallest absolute Gasteiger partial charge is 0.265 e. The standard InChI is InChI=1S/C21H19NO3/c1-16(24-18-8-4-2-5-9-18)21(23)22-17-12-14-20(15-13-17)25-19-10-6-3-7-11-19/h2-16H,1H3,(H,22,23)/t16-/m1/s1. The third-order valence-corrected chi connectivity index (χ3v) is 3.53. The van der Waals surface area contributed by atoms with Crippen LogP contribution in [-0.4, -0.2) is 12.0 Å². The van der Waals surface area contributed by atoms with Crippen LogP contribution in [0.15, 0.2) is 84.9 Å². The summed E-state index contributed by atoms with van der Waals surface area (Å²) < 4.78 is 11.3. The highest BCUT2D eigenvalue weighted by Gasteiger charge is 2.14. The molecule has 3 aromatic carbocycles. The zero-order valence-electron chi connectivity index (χ0n) is 13.9. The Labute approximate surface area is 147 Å². The van der Waals surface area contributed by atoms with Gasteiger partial charge < -0.3 is 14.8 Å². The Balaban J connectivity index is 1.56. The van der Waals surface area contributed by atoms with Crippen molar-refractivity contribution in [2.75, 3.05) is 5.32 Å². The van der Waals surface area contributed by atoms with E-state index in [9.17, 15) is 4.79 Å². The summed E-state index contributed by atoms with van der Waals surface area (Å²) >= 11 is 0. The highest BCUT2D eigenvalue weighted by Crippen LogP contribution is 2.22. The van der Waals surface area contributed by atoms with Crippen LogP contribution in [0.3, 0.4) is 0 Å². The van der Waals surface area contributed by atoms with Crippen molar-refractivity contribution in [1.82, 2.24) is 0 Å². The molecule has 0 unspecified atom stereocenters. The van der Waals surface area contributed by atoms with Crippen LogP contribution in [0.1, 0.15) is 6.92 Å². The molecule has 0 aromatic heterocycles. The quantitative estimate of drug-likeness (QED) is 0.699. The first-order valence-electron chi connectivity index (χ1n) is 8.06. The summed E-state index contributed by atoms with van der Waals surface area (Å²) in [6.45, 7) is 1.72. The molecule has 0 radical (unpaired) electrons. The van der Waals surface area contributed by atoms with Crippen molar-refractivity contribution in [3.63, 3.8) is 0 Å². The van der Waals surface area contributed by atoms with E-state index in [-0.39, 0.29) is 5.91 Å². The van der Waals surface area contributed by atoms with Gasteiger partial charge in [0.25, 0.3) is 5.91 Å². The molecule has 126 valence electrons. The molecule has 0 spiro atoms. The van der Waals surface area contributed by atoms with Crippen molar-refractivity contribution in [1.29, 1.82) is 0 Å². The molecule has 0 fully saturated rings. The van der Waals surface area contributed by atoms with Gasteiger partial charge in [-0.2, -0.15) is 0 Å². The van der Waals surface area contributed by atoms with Crippen LogP contribution < -0.4 is 14.8 Å². The minimum Gasteiger partial charge on any atom is -0.481 e. The number of amides is 1. The van der Waals surface area contributed by atoms with Crippen molar-refractivity contribution in [3.05, 3.63) is 84.9 Å². The SMILES string of the molecule is C[C@@H](Oc1ccccc1)C(=O)Nc1ccc(Oc2ccccc2)cc1. The maximum Gasteiger partial charge on any atom is 0.265 e. The fraction of sp³-hybridized carbons (Fsp3) is 0.0952. The average Bonchev–Trinajstić information content (AvgIpc) is 2.65. The predicted octanol–water partition coefficient (Wildman–Crippen LogP) is 4.88. The molecule has 0 heterocycles. The number of carbonyl (C=O) groups is 1. The fourth-order valence-corrected chi connectivity index (χ4v) is 2.23. The molecule has 1 amide bonds. The molecule has 0 aliphatic carbocycles. The number of benzene rings is 3. The number of ether oxygens (including phenoxy) is 2. The summed E-state index contributed by atoms with van der Waals surface area (Å²) in [5.41, 5.74) is 0.689. The first-order chi connectivity index (χ1) is 12.2. The van der Waals surface area contributed by atoms with Gasteiger partial charge in [-0.05, 0) is 55.5 Å². The Morgan fingerprint density at radius 2 is 1.28 bits per heavy atom. The van der Waals surface area contributed by atoms with Crippen molar-refractivity contribution >= 4 is 11.6 Å². The van der Waals surface area contributed by atoms with Crippen LogP contribution in [0.5, 0.6) is 17.2 Å². The van der Waals surface area contributed by atoms with Crippen LogP contribution >= 0.6 is 0 Å². The molecule has 0 aliphatic rings. The summed E-state index contributed by atoms with van der Waals surface area (Å²) in [4.78, 5) is 12.2. The lowest BCUT2D eigenvalue weighted by molar-refractivity contribution is -0.122. The number of rotatable bonds is 6. The Hall–Kier alpha value is -3.27. The minimum absolute atomic E-state index is 0.208. The van der Waals surface area contributed by atoms with E-state index in [4.69, 9.17) is 9.47 Å². The monoisotopic (exact) mass is 333 g/mol. The summed E-state index contributed by atoms with van der Waals surface area (Å²) in [7, 11) is 0. The lowest BCUT2D eigenvalue weighted by atomic mass is 10.2. The Kier molecular flexibility index (Phi) is 5.32. The molecule has 0 saturated carbocycles. The van der Waals surface area contributed by atoms with E-state index in [0.29, 0.717) is 17.2 Å². The molecule has 25 heavy (non-hydrogen) atoms. The molecule has 4 nitrogen and oxygen atoms in total. The summed E-state index contributed by atoms with van der Waals surface area (Å²) in [6, 6.07) is 26.0. The van der Waals surface area contributed by atoms with Crippen molar-refractivity contribution in [3.8, 4) is 17.2 Å². The zero-order valence-corrected chi connectivity index (χ0v) is 13.9. The lowest BCUT2D eigenvalue weighted by Crippen LogP contribution is -2.30. The molecule has 3 rings (SSSR count). The van der Waals surface area contributed by atoms with Gasteiger partial charge in [0.2, 0.25) is 0 Å². The lowest BCUT2D eigenvalue weighted by Gasteiger charge is -2.15. The van der Waals surface area contributed by atoms with Gasteiger partial charge in [-0.1, -0.05) is 36.4 Å². The van der Waals surface area contributed by atoms with E-state index in [0.717, 1.165) is 5.75 Å². The van der Waals surface area contributed by atoms with E-state index >= 15 is 0 Å². The number of anilines is 1. The third-order valence-electron chi connectivity index (χ3n) is 3.53. The van der Waals surface area contributed by atoms with E-state index in [1.165, 1.54) is 0 Å². The zero-order chi connectivity index (χ0) is 17.5. The van der Waals surface area contributed by atoms with Crippen LogP contribution in [0.4, 0.5) is 5.69 Å². The van der Waals surface area contributed by atoms with Gasteiger partial charge in [-0.15, -0.1) is 0 Å². The number of para-hydroxylation sites is 2. The van der Waals surface area contributed by atoms with Gasteiger partial charge in [0.1, 0.15) is 17.2 Å². The summed E-state index contributed by atoms with van der Waals surface area (Å²) in [5.74, 6) is 1.93. The van der Waals surface area contributed by atoms with Gasteiger partial charge in [-0.25, -0.2) is 0 Å². The number of hydrogen-bond donors (Lipinski definition) is 1. The highest BCUT2D eigenvalue weighted by atomic mass is 16.5. The molecule has 1 atom stereocenters. The third kappa shape index (κ3) is 4.85. The number of nitrogens with one attached hydrogen (secondary N) is 1. The number of carbonyl (C=O) groups excluding carboxylic acids is 1. The summed E-state index contributed by atoms with van der Waals surface area (Å²) in [5, 5.41) is 2.83.